The summed E-state index contributed by atoms with van der Waals surface area (Å²) in [6.07, 6.45) is 3.62. The first-order valence-electron chi connectivity index (χ1n) is 11.0. The van der Waals surface area contributed by atoms with Gasteiger partial charge >= 0.3 is 0 Å². The van der Waals surface area contributed by atoms with Gasteiger partial charge in [-0.3, -0.25) is 0 Å². The Labute approximate surface area is 188 Å². The summed E-state index contributed by atoms with van der Waals surface area (Å²) in [6.45, 7) is 7.96. The Kier molecular flexibility index (Phi) is 6.53. The van der Waals surface area contributed by atoms with Crippen LogP contribution in [0.2, 0.25) is 0 Å². The van der Waals surface area contributed by atoms with E-state index in [1.807, 2.05) is 29.7 Å². The number of aliphatic hydroxyl groups is 1. The van der Waals surface area contributed by atoms with Gasteiger partial charge < -0.3 is 19.7 Å². The number of aromatic nitrogens is 3. The van der Waals surface area contributed by atoms with E-state index in [0.717, 1.165) is 28.0 Å². The molecule has 0 aliphatic carbocycles. The Morgan fingerprint density at radius 2 is 1.66 bits per heavy atom. The third-order valence-corrected chi connectivity index (χ3v) is 5.26. The lowest BCUT2D eigenvalue weighted by molar-refractivity contribution is 0.0627. The Morgan fingerprint density at radius 3 is 2.34 bits per heavy atom. The lowest BCUT2D eigenvalue weighted by Crippen LogP contribution is -2.25. The largest absolute Gasteiger partial charge is 0.389 e. The molecule has 2 N–H and O–H groups in total. The number of ether oxygens (including phenoxy) is 1. The van der Waals surface area contributed by atoms with Gasteiger partial charge in [-0.25, -0.2) is 9.97 Å². The molecule has 2 aromatic heterocycles. The van der Waals surface area contributed by atoms with E-state index in [-0.39, 0.29) is 0 Å². The summed E-state index contributed by atoms with van der Waals surface area (Å²) < 4.78 is 7.47. The topological polar surface area (TPSA) is 72.2 Å². The van der Waals surface area contributed by atoms with E-state index in [1.165, 1.54) is 11.1 Å². The standard InChI is InChI=1S/C26H30N4O2/c1-4-32-15-14-27-24-23-22(16-30(17-26(2,3)31)25(23)29-18-28-24)21-12-10-20(11-13-21)19-8-6-5-7-9-19/h5-13,16,18,31H,4,14-15,17H2,1-3H3,(H,27,28,29). The quantitative estimate of drug-likeness (QED) is 0.366. The number of anilines is 1. The van der Waals surface area contributed by atoms with E-state index in [2.05, 4.69) is 57.9 Å². The minimum Gasteiger partial charge on any atom is -0.389 e. The van der Waals surface area contributed by atoms with Gasteiger partial charge in [0.2, 0.25) is 0 Å². The van der Waals surface area contributed by atoms with Gasteiger partial charge in [-0.15, -0.1) is 0 Å². The molecule has 0 aliphatic rings. The maximum Gasteiger partial charge on any atom is 0.146 e. The van der Waals surface area contributed by atoms with Crippen molar-refractivity contribution in [2.24, 2.45) is 0 Å². The van der Waals surface area contributed by atoms with Crippen LogP contribution in [0.4, 0.5) is 5.82 Å². The number of fused-ring (bicyclic) bond motifs is 1. The van der Waals surface area contributed by atoms with Gasteiger partial charge in [-0.1, -0.05) is 54.6 Å². The normalized spacial score (nSPS) is 11.8. The molecule has 2 aromatic carbocycles. The molecule has 0 fully saturated rings. The fraction of sp³-hybridized carbons (Fsp3) is 0.308. The molecule has 0 saturated carbocycles. The van der Waals surface area contributed by atoms with Gasteiger partial charge in [0.05, 0.1) is 24.1 Å². The Balaban J connectivity index is 1.76. The molecule has 0 amide bonds. The number of hydrogen-bond donors (Lipinski definition) is 2. The summed E-state index contributed by atoms with van der Waals surface area (Å²) in [5, 5.41) is 14.8. The van der Waals surface area contributed by atoms with Gasteiger partial charge in [0.25, 0.3) is 0 Å². The number of benzene rings is 2. The number of rotatable bonds is 9. The second kappa shape index (κ2) is 9.51. The number of nitrogens with zero attached hydrogens (tertiary/aromatic N) is 3. The van der Waals surface area contributed by atoms with Crippen LogP contribution in [0.5, 0.6) is 0 Å². The molecule has 32 heavy (non-hydrogen) atoms. The molecule has 2 heterocycles. The van der Waals surface area contributed by atoms with Crippen LogP contribution in [-0.2, 0) is 11.3 Å². The van der Waals surface area contributed by atoms with Crippen molar-refractivity contribution in [1.29, 1.82) is 0 Å². The van der Waals surface area contributed by atoms with Crippen molar-refractivity contribution in [3.63, 3.8) is 0 Å². The molecule has 0 spiro atoms. The summed E-state index contributed by atoms with van der Waals surface area (Å²) >= 11 is 0. The highest BCUT2D eigenvalue weighted by Crippen LogP contribution is 2.35. The summed E-state index contributed by atoms with van der Waals surface area (Å²) in [5.74, 6) is 0.770. The lowest BCUT2D eigenvalue weighted by atomic mass is 10.0. The molecule has 0 aliphatic heterocycles. The molecule has 166 valence electrons. The SMILES string of the molecule is CCOCCNc1ncnc2c1c(-c1ccc(-c3ccccc3)cc1)cn2CC(C)(C)O. The maximum atomic E-state index is 10.4. The van der Waals surface area contributed by atoms with Crippen molar-refractivity contribution < 1.29 is 9.84 Å². The van der Waals surface area contributed by atoms with Gasteiger partial charge in [0, 0.05) is 24.9 Å². The van der Waals surface area contributed by atoms with Crippen LogP contribution in [-0.4, -0.2) is 45.0 Å². The van der Waals surface area contributed by atoms with E-state index < -0.39 is 5.60 Å². The number of hydrogen-bond acceptors (Lipinski definition) is 5. The van der Waals surface area contributed by atoms with Gasteiger partial charge in [-0.2, -0.15) is 0 Å². The second-order valence-electron chi connectivity index (χ2n) is 8.47. The summed E-state index contributed by atoms with van der Waals surface area (Å²) in [5.41, 5.74) is 4.39. The highest BCUT2D eigenvalue weighted by atomic mass is 16.5. The molecule has 6 heteroatoms. The van der Waals surface area contributed by atoms with Crippen LogP contribution >= 0.6 is 0 Å². The second-order valence-corrected chi connectivity index (χ2v) is 8.47. The molecule has 4 rings (SSSR count). The van der Waals surface area contributed by atoms with E-state index in [4.69, 9.17) is 4.74 Å². The predicted molar refractivity (Wildman–Crippen MR) is 130 cm³/mol. The first-order chi connectivity index (χ1) is 15.5. The number of nitrogens with one attached hydrogen (secondary N) is 1. The Morgan fingerprint density at radius 1 is 0.969 bits per heavy atom. The summed E-state index contributed by atoms with van der Waals surface area (Å²) in [7, 11) is 0. The van der Waals surface area contributed by atoms with E-state index in [1.54, 1.807) is 20.2 Å². The lowest BCUT2D eigenvalue weighted by Gasteiger charge is -2.18. The monoisotopic (exact) mass is 430 g/mol. The van der Waals surface area contributed by atoms with Crippen molar-refractivity contribution >= 4 is 16.9 Å². The fourth-order valence-corrected chi connectivity index (χ4v) is 3.87. The predicted octanol–water partition coefficient (Wildman–Crippen LogP) is 4.98. The minimum atomic E-state index is -0.867. The van der Waals surface area contributed by atoms with E-state index >= 15 is 0 Å². The maximum absolute atomic E-state index is 10.4. The Hall–Kier alpha value is -3.22. The molecule has 0 bridgehead atoms. The molecule has 0 atom stereocenters. The van der Waals surface area contributed by atoms with Gasteiger partial charge in [0.15, 0.2) is 0 Å². The summed E-state index contributed by atoms with van der Waals surface area (Å²) in [6, 6.07) is 18.9. The van der Waals surface area contributed by atoms with Crippen molar-refractivity contribution in [2.45, 2.75) is 32.9 Å². The molecular formula is C26H30N4O2. The van der Waals surface area contributed by atoms with E-state index in [9.17, 15) is 5.11 Å². The highest BCUT2D eigenvalue weighted by molar-refractivity contribution is 6.01. The molecule has 0 unspecified atom stereocenters. The third kappa shape index (κ3) is 4.98. The van der Waals surface area contributed by atoms with Crippen LogP contribution in [0.15, 0.2) is 67.1 Å². The van der Waals surface area contributed by atoms with Crippen LogP contribution in [0.1, 0.15) is 20.8 Å². The molecule has 6 nitrogen and oxygen atoms in total. The van der Waals surface area contributed by atoms with Crippen LogP contribution < -0.4 is 5.32 Å². The van der Waals surface area contributed by atoms with Crippen LogP contribution in [0, 0.1) is 0 Å². The minimum absolute atomic E-state index is 0.432. The zero-order valence-corrected chi connectivity index (χ0v) is 18.9. The molecule has 0 saturated heterocycles. The average molecular weight is 431 g/mol. The van der Waals surface area contributed by atoms with Crippen LogP contribution in [0.3, 0.4) is 0 Å². The molecular weight excluding hydrogens is 400 g/mol. The zero-order valence-electron chi connectivity index (χ0n) is 18.9. The van der Waals surface area contributed by atoms with Crippen molar-refractivity contribution in [1.82, 2.24) is 14.5 Å². The summed E-state index contributed by atoms with van der Waals surface area (Å²) in [4.78, 5) is 9.06. The van der Waals surface area contributed by atoms with Crippen molar-refractivity contribution in [2.75, 3.05) is 25.1 Å². The first-order valence-corrected chi connectivity index (χ1v) is 11.0. The smallest absolute Gasteiger partial charge is 0.146 e. The molecule has 4 aromatic rings. The van der Waals surface area contributed by atoms with Gasteiger partial charge in [-0.05, 0) is 37.5 Å². The first kappa shape index (κ1) is 22.0. The fourth-order valence-electron chi connectivity index (χ4n) is 3.87. The van der Waals surface area contributed by atoms with Crippen molar-refractivity contribution in [3.05, 3.63) is 67.1 Å². The van der Waals surface area contributed by atoms with E-state index in [0.29, 0.717) is 26.3 Å². The van der Waals surface area contributed by atoms with Gasteiger partial charge in [0.1, 0.15) is 17.8 Å². The Bertz CT molecular complexity index is 1160. The molecule has 0 radical (unpaired) electrons. The zero-order chi connectivity index (χ0) is 22.6. The average Bonchev–Trinajstić information content (AvgIpc) is 3.15. The third-order valence-electron chi connectivity index (χ3n) is 5.26. The highest BCUT2D eigenvalue weighted by Gasteiger charge is 2.21. The van der Waals surface area contributed by atoms with Crippen LogP contribution in [0.25, 0.3) is 33.3 Å². The van der Waals surface area contributed by atoms with Crippen molar-refractivity contribution in [3.8, 4) is 22.3 Å².